The number of carboxylic acid groups (broad SMARTS) is 1. The number of fused-ring (bicyclic) bond motifs is 2. The number of ether oxygens (including phenoxy) is 2. The minimum absolute atomic E-state index is 0.136. The van der Waals surface area contributed by atoms with E-state index in [4.69, 9.17) is 41.6 Å². The Bertz CT molecular complexity index is 3640. The summed E-state index contributed by atoms with van der Waals surface area (Å²) in [4.78, 5) is 95.9. The van der Waals surface area contributed by atoms with Crippen LogP contribution in [-0.4, -0.2) is 159 Å². The topological polar surface area (TPSA) is 343 Å². The zero-order valence-electron chi connectivity index (χ0n) is 46.3. The van der Waals surface area contributed by atoms with Crippen molar-refractivity contribution in [3.05, 3.63) is 124 Å². The van der Waals surface area contributed by atoms with E-state index < -0.39 is 41.2 Å². The molecule has 2 saturated heterocycles. The maximum Gasteiger partial charge on any atom is 0.320 e. The summed E-state index contributed by atoms with van der Waals surface area (Å²) in [7, 11) is 0. The number of carbonyl (C=O) groups excluding carboxylic acids is 5. The van der Waals surface area contributed by atoms with E-state index >= 15 is 0 Å². The molecule has 0 radical (unpaired) electrons. The van der Waals surface area contributed by atoms with Gasteiger partial charge in [-0.2, -0.15) is 10.2 Å². The largest absolute Gasteiger partial charge is 0.491 e. The lowest BCUT2D eigenvalue weighted by molar-refractivity contribution is -0.190. The van der Waals surface area contributed by atoms with E-state index in [1.807, 2.05) is 26.0 Å². The van der Waals surface area contributed by atoms with Crippen LogP contribution in [0.5, 0.6) is 5.75 Å². The van der Waals surface area contributed by atoms with Gasteiger partial charge in [0.25, 0.3) is 17.7 Å². The molecule has 0 aliphatic carbocycles. The van der Waals surface area contributed by atoms with Gasteiger partial charge < -0.3 is 50.7 Å². The van der Waals surface area contributed by atoms with Crippen molar-refractivity contribution >= 4 is 75.2 Å². The number of imidazole rings is 2. The molecule has 9 N–H and O–H groups in total. The van der Waals surface area contributed by atoms with Crippen LogP contribution in [-0.2, 0) is 51.8 Å². The van der Waals surface area contributed by atoms with Crippen LogP contribution in [0.1, 0.15) is 91.4 Å². The minimum Gasteiger partial charge on any atom is -0.491 e. The number of carbonyl (C=O) groups is 6. The molecule has 4 aromatic heterocycles. The number of anilines is 2. The molecule has 430 valence electrons. The maximum absolute atomic E-state index is 14.0. The number of hydrogen-bond donors (Lipinski definition) is 6. The number of benzene rings is 3. The second kappa shape index (κ2) is 24.6. The summed E-state index contributed by atoms with van der Waals surface area (Å²) < 4.78 is 19.5. The van der Waals surface area contributed by atoms with Gasteiger partial charge in [-0.15, -0.1) is 0 Å². The number of aromatic nitrogens is 8. The van der Waals surface area contributed by atoms with Crippen molar-refractivity contribution in [3.8, 4) is 5.75 Å². The summed E-state index contributed by atoms with van der Waals surface area (Å²) in [6.45, 7) is 13.3. The first-order valence-electron chi connectivity index (χ1n) is 26.8. The van der Waals surface area contributed by atoms with Crippen molar-refractivity contribution in [2.45, 2.75) is 85.3 Å². The third kappa shape index (κ3) is 12.8. The average molecular weight is 1120 g/mol. The molecule has 1 atom stereocenters. The number of amides is 5. The number of aryl methyl sites for hydroxylation is 4. The van der Waals surface area contributed by atoms with Gasteiger partial charge in [-0.05, 0) is 101 Å². The van der Waals surface area contributed by atoms with E-state index in [9.17, 15) is 28.8 Å². The van der Waals surface area contributed by atoms with Crippen LogP contribution in [0.2, 0.25) is 0 Å². The van der Waals surface area contributed by atoms with Gasteiger partial charge in [0.1, 0.15) is 34.3 Å². The highest BCUT2D eigenvalue weighted by molar-refractivity contribution is 6.05. The van der Waals surface area contributed by atoms with Crippen molar-refractivity contribution in [1.82, 2.24) is 48.5 Å². The van der Waals surface area contributed by atoms with Gasteiger partial charge in [-0.25, -0.2) is 9.97 Å². The predicted octanol–water partition coefficient (Wildman–Crippen LogP) is 3.47. The molecular weight excluding hydrogens is 1060 g/mol. The first kappa shape index (κ1) is 57.4. The molecule has 5 amide bonds. The number of likely N-dealkylation sites (tertiary alicyclic amines) is 1. The quantitative estimate of drug-likeness (QED) is 0.0218. The summed E-state index contributed by atoms with van der Waals surface area (Å²) in [6.07, 6.45) is 4.47. The summed E-state index contributed by atoms with van der Waals surface area (Å²) in [5.41, 5.74) is 22.9. The zero-order valence-corrected chi connectivity index (χ0v) is 46.3. The van der Waals surface area contributed by atoms with Crippen molar-refractivity contribution in [2.75, 3.05) is 63.2 Å². The number of oxime groups is 1. The normalized spacial score (nSPS) is 14.8. The molecule has 0 saturated carbocycles. The predicted molar refractivity (Wildman–Crippen MR) is 303 cm³/mol. The van der Waals surface area contributed by atoms with Crippen LogP contribution < -0.4 is 32.6 Å². The summed E-state index contributed by atoms with van der Waals surface area (Å²) in [5, 5.41) is 28.0. The maximum atomic E-state index is 14.0. The highest BCUT2D eigenvalue weighted by atomic mass is 16.6. The molecule has 7 aromatic rings. The van der Waals surface area contributed by atoms with Crippen LogP contribution in [0, 0.1) is 13.8 Å². The molecule has 9 rings (SSSR count). The fourth-order valence-electron chi connectivity index (χ4n) is 10.1. The molecule has 0 unspecified atom stereocenters. The molecule has 26 nitrogen and oxygen atoms in total. The van der Waals surface area contributed by atoms with Crippen LogP contribution >= 0.6 is 0 Å². The van der Waals surface area contributed by atoms with Gasteiger partial charge >= 0.3 is 5.97 Å². The van der Waals surface area contributed by atoms with Crippen LogP contribution in [0.4, 0.5) is 11.9 Å². The second-order valence-electron chi connectivity index (χ2n) is 20.3. The van der Waals surface area contributed by atoms with Gasteiger partial charge in [-0.3, -0.25) is 53.7 Å². The van der Waals surface area contributed by atoms with E-state index in [1.165, 1.54) is 0 Å². The van der Waals surface area contributed by atoms with E-state index in [0.29, 0.717) is 115 Å². The van der Waals surface area contributed by atoms with Crippen molar-refractivity contribution < 1.29 is 48.2 Å². The Morgan fingerprint density at radius 2 is 1.39 bits per heavy atom. The first-order chi connectivity index (χ1) is 39.3. The van der Waals surface area contributed by atoms with Crippen molar-refractivity contribution in [3.63, 3.8) is 0 Å². The molecule has 3 aromatic carbocycles. The first-order valence-corrected chi connectivity index (χ1v) is 26.8. The van der Waals surface area contributed by atoms with E-state index in [2.05, 4.69) is 35.9 Å². The number of aliphatic carboxylic acids is 1. The van der Waals surface area contributed by atoms with E-state index in [-0.39, 0.29) is 61.7 Å². The number of morpholine rings is 1. The average Bonchev–Trinajstić information content (AvgIpc) is 3.43. The Morgan fingerprint density at radius 1 is 0.793 bits per heavy atom. The van der Waals surface area contributed by atoms with Crippen molar-refractivity contribution in [1.29, 1.82) is 0 Å². The fourth-order valence-corrected chi connectivity index (χ4v) is 10.1. The van der Waals surface area contributed by atoms with Crippen molar-refractivity contribution in [2.24, 2.45) is 22.4 Å². The van der Waals surface area contributed by atoms with Gasteiger partial charge in [0, 0.05) is 63.5 Å². The summed E-state index contributed by atoms with van der Waals surface area (Å²) in [5.74, 6) is -2.83. The van der Waals surface area contributed by atoms with Gasteiger partial charge in [0.05, 0.1) is 53.4 Å². The third-order valence-electron chi connectivity index (χ3n) is 14.2. The highest BCUT2D eigenvalue weighted by Gasteiger charge is 2.47. The van der Waals surface area contributed by atoms with E-state index in [1.54, 1.807) is 111 Å². The second-order valence-corrected chi connectivity index (χ2v) is 20.3. The number of nitrogens with two attached hydrogens (primary N) is 3. The lowest BCUT2D eigenvalue weighted by Gasteiger charge is -2.53. The summed E-state index contributed by atoms with van der Waals surface area (Å²) >= 11 is 0. The lowest BCUT2D eigenvalue weighted by Crippen LogP contribution is -2.70. The smallest absolute Gasteiger partial charge is 0.320 e. The molecule has 26 heteroatoms. The lowest BCUT2D eigenvalue weighted by atomic mass is 9.91. The number of carboxylic acids is 1. The Balaban J connectivity index is 0.880. The number of allylic oxidation sites excluding steroid dienone is 2. The summed E-state index contributed by atoms with van der Waals surface area (Å²) in [6, 6.07) is 17.5. The Morgan fingerprint density at radius 3 is 2.01 bits per heavy atom. The zero-order chi connectivity index (χ0) is 58.4. The highest BCUT2D eigenvalue weighted by Crippen LogP contribution is 2.33. The Labute approximate surface area is 470 Å². The molecule has 82 heavy (non-hydrogen) atoms. The van der Waals surface area contributed by atoms with Gasteiger partial charge in [0.15, 0.2) is 6.61 Å². The van der Waals surface area contributed by atoms with Gasteiger partial charge in [-0.1, -0.05) is 41.6 Å². The fraction of sp³-hybridized carbons (Fsp3) is 0.375. The van der Waals surface area contributed by atoms with Crippen LogP contribution in [0.15, 0.2) is 84.0 Å². The molecular formula is C56H66N16O10. The number of nitrogens with one attached hydrogen (secondary N) is 2. The Kier molecular flexibility index (Phi) is 17.2. The standard InChI is InChI=1S/C56H66N16O10/c1-6-71-44(23-33(3)64-71)51(76)62-54-60-41-26-38(49(58)74)15-16-43(41)69(54)18-8-9-19-70-48-42(61-55(70)63-52(77)45-24-34(4)65-72(45)7-2)27-39(50(59)75)28-46(48)80-21-10-17-67-30-56(31-67)32-68(20-22-81-56)47(73)29-82-66-35(5)37-13-11-36(12-14-37)25-40(57)53(78)79/h8-9,11-16,23-24,26-28,40H,6-7,10,17-22,25,29-32,57H2,1-5H3,(H2,58,74)(H2,59,75)(H,78,79)(H,60,62,76)(H,61,63,77)/b9-8+,66-35?/t40-/m0/s1. The molecule has 6 heterocycles. The number of rotatable bonds is 24. The van der Waals surface area contributed by atoms with Gasteiger partial charge in [0.2, 0.25) is 23.7 Å². The van der Waals surface area contributed by atoms with Crippen LogP contribution in [0.25, 0.3) is 22.1 Å². The number of nitrogens with zero attached hydrogens (tertiary/aromatic N) is 11. The Hall–Kier alpha value is -9.27. The number of hydrogen-bond acceptors (Lipinski definition) is 16. The SMILES string of the molecule is CCn1nc(C)cc1C(=O)Nc1nc2cc(C(N)=O)ccc2n1C/C=C/Cn1c(NC(=O)c2cc(C)nn2CC)nc2cc(C(N)=O)cc(OCCCN3CC4(C3)CN(C(=O)CON=C(C)c3ccc(C[C@H](N)C(=O)O)cc3)CCO4)c21. The monoisotopic (exact) mass is 1120 g/mol. The molecule has 0 bridgehead atoms. The molecule has 2 aliphatic heterocycles. The third-order valence-corrected chi connectivity index (χ3v) is 14.2. The number of primary amides is 2. The molecule has 1 spiro atoms. The van der Waals surface area contributed by atoms with Crippen LogP contribution in [0.3, 0.4) is 0 Å². The molecule has 2 fully saturated rings. The minimum atomic E-state index is -1.07. The molecule has 2 aliphatic rings. The van der Waals surface area contributed by atoms with E-state index in [0.717, 1.165) is 11.1 Å².